The minimum absolute atomic E-state index is 0.0690. The molecule has 22 heavy (non-hydrogen) atoms. The zero-order valence-electron chi connectivity index (χ0n) is 13.8. The van der Waals surface area contributed by atoms with Crippen LogP contribution in [0, 0.1) is 11.3 Å². The zero-order chi connectivity index (χ0) is 16.4. The number of nitrogens with zero attached hydrogens (tertiary/aromatic N) is 6. The molecule has 7 heteroatoms. The van der Waals surface area contributed by atoms with E-state index in [-0.39, 0.29) is 17.9 Å². The molecular weight excluding hydrogens is 280 g/mol. The zero-order valence-corrected chi connectivity index (χ0v) is 13.8. The summed E-state index contributed by atoms with van der Waals surface area (Å²) in [7, 11) is 1.72. The second-order valence-electron chi connectivity index (χ2n) is 7.07. The topological polar surface area (TPSA) is 87.7 Å². The van der Waals surface area contributed by atoms with Crippen LogP contribution in [0.2, 0.25) is 0 Å². The van der Waals surface area contributed by atoms with Gasteiger partial charge in [-0.3, -0.25) is 4.79 Å². The van der Waals surface area contributed by atoms with Crippen LogP contribution in [0.3, 0.4) is 0 Å². The molecule has 0 radical (unpaired) electrons. The summed E-state index contributed by atoms with van der Waals surface area (Å²) in [4.78, 5) is 14.2. The maximum absolute atomic E-state index is 12.6. The molecule has 0 N–H and O–H groups in total. The summed E-state index contributed by atoms with van der Waals surface area (Å²) in [6.07, 6.45) is 4.60. The van der Waals surface area contributed by atoms with E-state index >= 15 is 0 Å². The lowest BCUT2D eigenvalue weighted by Gasteiger charge is -2.39. The molecule has 1 amide bonds. The van der Waals surface area contributed by atoms with Gasteiger partial charge in [0, 0.05) is 12.5 Å². The van der Waals surface area contributed by atoms with E-state index in [1.54, 1.807) is 11.9 Å². The SMILES string of the molecule is CN(C(=O)Cn1nnnc1C(C)(C)C)C1(C#N)CCCCC1. The fourth-order valence-corrected chi connectivity index (χ4v) is 2.98. The van der Waals surface area contributed by atoms with Gasteiger partial charge in [-0.05, 0) is 23.3 Å². The fraction of sp³-hybridized carbons (Fsp3) is 0.800. The van der Waals surface area contributed by atoms with Crippen molar-refractivity contribution >= 4 is 5.91 Å². The summed E-state index contributed by atoms with van der Waals surface area (Å²) in [6.45, 7) is 6.07. The third-order valence-electron chi connectivity index (χ3n) is 4.39. The standard InChI is InChI=1S/C15H24N6O/c1-14(2,3)13-17-18-19-21(13)10-12(22)20(4)15(11-16)8-6-5-7-9-15/h5-10H2,1-4H3. The van der Waals surface area contributed by atoms with Gasteiger partial charge in [-0.15, -0.1) is 5.10 Å². The van der Waals surface area contributed by atoms with Crippen molar-refractivity contribution in [3.8, 4) is 6.07 Å². The Morgan fingerprint density at radius 1 is 1.36 bits per heavy atom. The van der Waals surface area contributed by atoms with E-state index in [1.165, 1.54) is 4.68 Å². The Bertz CT molecular complexity index is 574. The molecule has 7 nitrogen and oxygen atoms in total. The normalized spacial score (nSPS) is 17.8. The van der Waals surface area contributed by atoms with E-state index in [4.69, 9.17) is 0 Å². The van der Waals surface area contributed by atoms with Crippen LogP contribution < -0.4 is 0 Å². The molecule has 1 aromatic heterocycles. The fourth-order valence-electron chi connectivity index (χ4n) is 2.98. The van der Waals surface area contributed by atoms with Gasteiger partial charge in [-0.25, -0.2) is 4.68 Å². The number of tetrazole rings is 1. The molecule has 1 aliphatic carbocycles. The van der Waals surface area contributed by atoms with Gasteiger partial charge in [-0.1, -0.05) is 40.0 Å². The van der Waals surface area contributed by atoms with Gasteiger partial charge in [0.15, 0.2) is 5.82 Å². The van der Waals surface area contributed by atoms with E-state index in [9.17, 15) is 10.1 Å². The summed E-state index contributed by atoms with van der Waals surface area (Å²) < 4.78 is 1.53. The molecule has 120 valence electrons. The summed E-state index contributed by atoms with van der Waals surface area (Å²) in [5.74, 6) is 0.546. The summed E-state index contributed by atoms with van der Waals surface area (Å²) in [5.41, 5.74) is -0.911. The van der Waals surface area contributed by atoms with Gasteiger partial charge >= 0.3 is 0 Å². The van der Waals surface area contributed by atoms with E-state index in [0.717, 1.165) is 32.1 Å². The molecule has 0 unspecified atom stereocenters. The first-order valence-electron chi connectivity index (χ1n) is 7.75. The van der Waals surface area contributed by atoms with Crippen LogP contribution >= 0.6 is 0 Å². The number of rotatable bonds is 3. The van der Waals surface area contributed by atoms with Crippen LogP contribution in [0.1, 0.15) is 58.7 Å². The van der Waals surface area contributed by atoms with Gasteiger partial charge in [0.05, 0.1) is 6.07 Å². The van der Waals surface area contributed by atoms with Crippen LogP contribution in [0.5, 0.6) is 0 Å². The van der Waals surface area contributed by atoms with E-state index < -0.39 is 5.54 Å². The molecule has 0 bridgehead atoms. The predicted molar refractivity (Wildman–Crippen MR) is 80.7 cm³/mol. The number of likely N-dealkylation sites (N-methyl/N-ethyl adjacent to an activating group) is 1. The van der Waals surface area contributed by atoms with Gasteiger partial charge < -0.3 is 4.90 Å². The smallest absolute Gasteiger partial charge is 0.245 e. The van der Waals surface area contributed by atoms with Crippen molar-refractivity contribution in [3.63, 3.8) is 0 Å². The maximum Gasteiger partial charge on any atom is 0.245 e. The van der Waals surface area contributed by atoms with E-state index in [0.29, 0.717) is 5.82 Å². The van der Waals surface area contributed by atoms with Crippen LogP contribution in [-0.4, -0.2) is 43.6 Å². The van der Waals surface area contributed by atoms with Gasteiger partial charge in [0.25, 0.3) is 0 Å². The number of hydrogen-bond acceptors (Lipinski definition) is 5. The summed E-state index contributed by atoms with van der Waals surface area (Å²) >= 11 is 0. The number of nitriles is 1. The van der Waals surface area contributed by atoms with Crippen LogP contribution in [0.15, 0.2) is 0 Å². The minimum Gasteiger partial charge on any atom is -0.325 e. The average molecular weight is 304 g/mol. The Kier molecular flexibility index (Phi) is 4.50. The number of carbonyl (C=O) groups is 1. The first-order chi connectivity index (χ1) is 10.3. The Morgan fingerprint density at radius 2 is 2.00 bits per heavy atom. The van der Waals surface area contributed by atoms with Crippen molar-refractivity contribution in [1.82, 2.24) is 25.1 Å². The molecule has 1 aliphatic rings. The molecule has 0 atom stereocenters. The first kappa shape index (κ1) is 16.4. The van der Waals surface area contributed by atoms with Gasteiger partial charge in [0.2, 0.25) is 5.91 Å². The van der Waals surface area contributed by atoms with Gasteiger partial charge in [0.1, 0.15) is 12.1 Å². The van der Waals surface area contributed by atoms with Crippen molar-refractivity contribution in [2.75, 3.05) is 7.05 Å². The molecule has 0 saturated heterocycles. The highest BCUT2D eigenvalue weighted by Crippen LogP contribution is 2.32. The van der Waals surface area contributed by atoms with Crippen molar-refractivity contribution in [3.05, 3.63) is 5.82 Å². The van der Waals surface area contributed by atoms with E-state index in [1.807, 2.05) is 20.8 Å². The average Bonchev–Trinajstić information content (AvgIpc) is 2.95. The lowest BCUT2D eigenvalue weighted by molar-refractivity contribution is -0.135. The molecular formula is C15H24N6O. The molecule has 1 aromatic rings. The quantitative estimate of drug-likeness (QED) is 0.847. The molecule has 0 spiro atoms. The molecule has 1 heterocycles. The van der Waals surface area contributed by atoms with Crippen molar-refractivity contribution in [1.29, 1.82) is 5.26 Å². The monoisotopic (exact) mass is 304 g/mol. The molecule has 0 aromatic carbocycles. The van der Waals surface area contributed by atoms with Crippen LogP contribution in [0.4, 0.5) is 0 Å². The highest BCUT2D eigenvalue weighted by atomic mass is 16.2. The third-order valence-corrected chi connectivity index (χ3v) is 4.39. The Labute approximate surface area is 131 Å². The highest BCUT2D eigenvalue weighted by Gasteiger charge is 2.39. The molecule has 1 fully saturated rings. The second kappa shape index (κ2) is 6.03. The number of carbonyl (C=O) groups excluding carboxylic acids is 1. The Balaban J connectivity index is 2.15. The van der Waals surface area contributed by atoms with Crippen molar-refractivity contribution in [2.24, 2.45) is 0 Å². The lowest BCUT2D eigenvalue weighted by atomic mass is 9.81. The van der Waals surface area contributed by atoms with Crippen molar-refractivity contribution in [2.45, 2.75) is 70.4 Å². The second-order valence-corrected chi connectivity index (χ2v) is 7.07. The van der Waals surface area contributed by atoms with Gasteiger partial charge in [-0.2, -0.15) is 5.26 Å². The summed E-state index contributed by atoms with van der Waals surface area (Å²) in [5, 5.41) is 21.2. The van der Waals surface area contributed by atoms with Crippen LogP contribution in [-0.2, 0) is 16.8 Å². The first-order valence-corrected chi connectivity index (χ1v) is 7.75. The molecule has 1 saturated carbocycles. The summed E-state index contributed by atoms with van der Waals surface area (Å²) in [6, 6.07) is 2.37. The Morgan fingerprint density at radius 3 is 2.55 bits per heavy atom. The van der Waals surface area contributed by atoms with Crippen molar-refractivity contribution < 1.29 is 4.79 Å². The van der Waals surface area contributed by atoms with Crippen LogP contribution in [0.25, 0.3) is 0 Å². The van der Waals surface area contributed by atoms with E-state index in [2.05, 4.69) is 21.6 Å². The number of amides is 1. The Hall–Kier alpha value is -1.97. The minimum atomic E-state index is -0.675. The predicted octanol–water partition coefficient (Wildman–Crippen LogP) is 1.66. The molecule has 0 aliphatic heterocycles. The number of hydrogen-bond donors (Lipinski definition) is 0. The largest absolute Gasteiger partial charge is 0.325 e. The number of aromatic nitrogens is 4. The highest BCUT2D eigenvalue weighted by molar-refractivity contribution is 5.77. The lowest BCUT2D eigenvalue weighted by Crippen LogP contribution is -2.51. The molecule has 2 rings (SSSR count). The maximum atomic E-state index is 12.6. The third kappa shape index (κ3) is 3.11.